The summed E-state index contributed by atoms with van der Waals surface area (Å²) in [7, 11) is 1.62. The van der Waals surface area contributed by atoms with Gasteiger partial charge in [0.2, 0.25) is 0 Å². The Morgan fingerprint density at radius 1 is 1.14 bits per heavy atom. The molecule has 3 rings (SSSR count). The lowest BCUT2D eigenvalue weighted by Gasteiger charge is -2.11. The van der Waals surface area contributed by atoms with Gasteiger partial charge in [-0.25, -0.2) is 0 Å². The number of hydrogen-bond donors (Lipinski definition) is 1. The summed E-state index contributed by atoms with van der Waals surface area (Å²) in [6, 6.07) is 12.7. The monoisotopic (exact) mass is 435 g/mol. The van der Waals surface area contributed by atoms with Gasteiger partial charge in [-0.2, -0.15) is 0 Å². The highest BCUT2D eigenvalue weighted by Gasteiger charge is 2.22. The van der Waals surface area contributed by atoms with Gasteiger partial charge in [-0.3, -0.25) is 4.79 Å². The highest BCUT2D eigenvalue weighted by atomic mass is 35.5. The minimum atomic E-state index is -0.215. The second-order valence-electron chi connectivity index (χ2n) is 5.76. The molecule has 1 fully saturated rings. The fourth-order valence-corrected chi connectivity index (χ4v) is 3.66. The van der Waals surface area contributed by atoms with E-state index >= 15 is 0 Å². The minimum absolute atomic E-state index is 0.215. The predicted molar refractivity (Wildman–Crippen MR) is 116 cm³/mol. The smallest absolute Gasteiger partial charge is 0.263 e. The van der Waals surface area contributed by atoms with Crippen LogP contribution in [0.25, 0.3) is 6.08 Å². The Bertz CT molecular complexity index is 917. The summed E-state index contributed by atoms with van der Waals surface area (Å²) in [6.07, 6.45) is 2.42. The van der Waals surface area contributed by atoms with Gasteiger partial charge in [0, 0.05) is 23.1 Å². The highest BCUT2D eigenvalue weighted by molar-refractivity contribution is 8.26. The topological polar surface area (TPSA) is 56.8 Å². The van der Waals surface area contributed by atoms with Gasteiger partial charge in [0.25, 0.3) is 5.91 Å². The number of halogens is 1. The lowest BCUT2D eigenvalue weighted by molar-refractivity contribution is -0.115. The van der Waals surface area contributed by atoms with Crippen molar-refractivity contribution in [1.29, 1.82) is 0 Å². The summed E-state index contributed by atoms with van der Waals surface area (Å²) in [5.74, 6) is 1.93. The van der Waals surface area contributed by atoms with Crippen LogP contribution in [0.2, 0.25) is 5.02 Å². The molecule has 1 N–H and O–H groups in total. The van der Waals surface area contributed by atoms with Gasteiger partial charge in [-0.05, 0) is 36.4 Å². The fraction of sp³-hybridized carbons (Fsp3) is 0.200. The van der Waals surface area contributed by atoms with Crippen molar-refractivity contribution in [3.63, 3.8) is 0 Å². The lowest BCUT2D eigenvalue weighted by atomic mass is 10.2. The summed E-state index contributed by atoms with van der Waals surface area (Å²) in [5.41, 5.74) is 0.726. The van der Waals surface area contributed by atoms with E-state index in [1.165, 1.54) is 11.8 Å². The van der Waals surface area contributed by atoms with E-state index in [4.69, 9.17) is 38.0 Å². The molecule has 1 amide bonds. The van der Waals surface area contributed by atoms with Crippen LogP contribution in [0.1, 0.15) is 12.0 Å². The van der Waals surface area contributed by atoms with Gasteiger partial charge in [0.1, 0.15) is 21.6 Å². The molecular weight excluding hydrogens is 418 g/mol. The average Bonchev–Trinajstić information content (AvgIpc) is 3.00. The molecule has 146 valence electrons. The molecule has 0 unspecified atom stereocenters. The molecule has 8 heteroatoms. The van der Waals surface area contributed by atoms with E-state index in [1.54, 1.807) is 31.4 Å². The molecule has 1 aliphatic heterocycles. The van der Waals surface area contributed by atoms with E-state index in [2.05, 4.69) is 5.32 Å². The molecule has 1 saturated heterocycles. The van der Waals surface area contributed by atoms with Crippen LogP contribution in [0.4, 0.5) is 0 Å². The number of rotatable bonds is 8. The van der Waals surface area contributed by atoms with Crippen LogP contribution in [0.15, 0.2) is 47.4 Å². The van der Waals surface area contributed by atoms with Crippen molar-refractivity contribution in [3.05, 3.63) is 58.0 Å². The van der Waals surface area contributed by atoms with Crippen LogP contribution in [-0.2, 0) is 4.79 Å². The molecule has 2 aromatic carbocycles. The molecule has 2 aromatic rings. The van der Waals surface area contributed by atoms with E-state index < -0.39 is 0 Å². The molecule has 0 atom stereocenters. The second kappa shape index (κ2) is 9.82. The number of thioether (sulfide) groups is 1. The zero-order valence-corrected chi connectivity index (χ0v) is 17.5. The minimum Gasteiger partial charge on any atom is -0.497 e. The van der Waals surface area contributed by atoms with Crippen LogP contribution in [0.5, 0.6) is 17.2 Å². The van der Waals surface area contributed by atoms with Crippen molar-refractivity contribution < 1.29 is 19.0 Å². The zero-order valence-electron chi connectivity index (χ0n) is 15.1. The first kappa shape index (κ1) is 20.5. The molecule has 1 heterocycles. The van der Waals surface area contributed by atoms with Gasteiger partial charge in [0.05, 0.1) is 25.2 Å². The third kappa shape index (κ3) is 5.64. The summed E-state index contributed by atoms with van der Waals surface area (Å²) in [4.78, 5) is 12.4. The Hall–Kier alpha value is -2.22. The number of carbonyl (C=O) groups excluding carboxylic acids is 1. The number of carbonyl (C=O) groups is 1. The predicted octanol–water partition coefficient (Wildman–Crippen LogP) is 4.69. The molecule has 0 bridgehead atoms. The molecule has 0 aliphatic carbocycles. The van der Waals surface area contributed by atoms with E-state index in [-0.39, 0.29) is 5.91 Å². The van der Waals surface area contributed by atoms with Gasteiger partial charge in [-0.15, -0.1) is 0 Å². The number of ether oxygens (including phenoxy) is 3. The first-order valence-corrected chi connectivity index (χ1v) is 10.1. The number of hydrogen-bond acceptors (Lipinski definition) is 6. The standard InChI is InChI=1S/C20H18ClNO4S2/c1-24-15-4-2-5-16(12-15)25-8-3-9-26-17-7-6-14(21)10-13(17)11-18-19(23)22-20(27)28-18/h2,4-7,10-12H,3,8-9H2,1H3,(H,22,23,27)/b18-11+. The fourth-order valence-electron chi connectivity index (χ4n) is 2.45. The van der Waals surface area contributed by atoms with Gasteiger partial charge >= 0.3 is 0 Å². The normalized spacial score (nSPS) is 14.9. The van der Waals surface area contributed by atoms with Crippen molar-refractivity contribution in [2.45, 2.75) is 6.42 Å². The summed E-state index contributed by atoms with van der Waals surface area (Å²) < 4.78 is 17.2. The van der Waals surface area contributed by atoms with Crippen molar-refractivity contribution in [2.24, 2.45) is 0 Å². The molecule has 5 nitrogen and oxygen atoms in total. The molecule has 0 spiro atoms. The van der Waals surface area contributed by atoms with E-state index in [9.17, 15) is 4.79 Å². The number of amides is 1. The lowest BCUT2D eigenvalue weighted by Crippen LogP contribution is -2.17. The third-order valence-electron chi connectivity index (χ3n) is 3.76. The highest BCUT2D eigenvalue weighted by Crippen LogP contribution is 2.31. The Labute approximate surface area is 178 Å². The molecule has 0 saturated carbocycles. The SMILES string of the molecule is COc1cccc(OCCCOc2ccc(Cl)cc2/C=C2/SC(=S)NC2=O)c1. The van der Waals surface area contributed by atoms with Crippen LogP contribution >= 0.6 is 35.6 Å². The Morgan fingerprint density at radius 2 is 1.93 bits per heavy atom. The zero-order chi connectivity index (χ0) is 19.9. The van der Waals surface area contributed by atoms with Gasteiger partial charge in [0.15, 0.2) is 0 Å². The van der Waals surface area contributed by atoms with Crippen LogP contribution in [0, 0.1) is 0 Å². The first-order valence-electron chi connectivity index (χ1n) is 8.49. The molecular formula is C20H18ClNO4S2. The number of benzene rings is 2. The molecule has 28 heavy (non-hydrogen) atoms. The van der Waals surface area contributed by atoms with Crippen molar-refractivity contribution in [2.75, 3.05) is 20.3 Å². The van der Waals surface area contributed by atoms with Crippen molar-refractivity contribution in [3.8, 4) is 17.2 Å². The Kier molecular flexibility index (Phi) is 7.19. The quantitative estimate of drug-likeness (QED) is 0.369. The largest absolute Gasteiger partial charge is 0.497 e. The maximum absolute atomic E-state index is 11.9. The molecule has 1 aliphatic rings. The third-order valence-corrected chi connectivity index (χ3v) is 5.15. The number of thiocarbonyl (C=S) groups is 1. The van der Waals surface area contributed by atoms with E-state index in [1.807, 2.05) is 24.3 Å². The number of methoxy groups -OCH3 is 1. The summed E-state index contributed by atoms with van der Waals surface area (Å²) in [6.45, 7) is 0.962. The maximum Gasteiger partial charge on any atom is 0.263 e. The average molecular weight is 436 g/mol. The van der Waals surface area contributed by atoms with Gasteiger partial charge < -0.3 is 19.5 Å². The van der Waals surface area contributed by atoms with Crippen LogP contribution in [0.3, 0.4) is 0 Å². The summed E-state index contributed by atoms with van der Waals surface area (Å²) in [5, 5.41) is 3.15. The second-order valence-corrected chi connectivity index (χ2v) is 7.92. The summed E-state index contributed by atoms with van der Waals surface area (Å²) >= 11 is 12.3. The number of nitrogens with one attached hydrogen (secondary N) is 1. The first-order chi connectivity index (χ1) is 13.5. The Balaban J connectivity index is 1.56. The van der Waals surface area contributed by atoms with Crippen molar-refractivity contribution in [1.82, 2.24) is 5.32 Å². The molecule has 0 radical (unpaired) electrons. The van der Waals surface area contributed by atoms with Crippen LogP contribution < -0.4 is 19.5 Å². The van der Waals surface area contributed by atoms with E-state index in [0.717, 1.165) is 17.1 Å². The van der Waals surface area contributed by atoms with E-state index in [0.29, 0.717) is 39.6 Å². The molecule has 0 aromatic heterocycles. The van der Waals surface area contributed by atoms with Crippen molar-refractivity contribution >= 4 is 51.9 Å². The van der Waals surface area contributed by atoms with Crippen LogP contribution in [-0.4, -0.2) is 30.6 Å². The maximum atomic E-state index is 11.9. The van der Waals surface area contributed by atoms with Gasteiger partial charge in [-0.1, -0.05) is 41.6 Å². The Morgan fingerprint density at radius 3 is 2.68 bits per heavy atom.